The van der Waals surface area contributed by atoms with E-state index in [4.69, 9.17) is 5.11 Å². The topological polar surface area (TPSA) is 92.2 Å². The monoisotopic (exact) mass is 271 g/mol. The molecule has 102 valence electrons. The molecule has 2 heterocycles. The minimum Gasteiger partial charge on any atom is -0.478 e. The molecular weight excluding hydrogens is 258 g/mol. The van der Waals surface area contributed by atoms with Crippen LogP contribution in [0.25, 0.3) is 0 Å². The van der Waals surface area contributed by atoms with E-state index in [1.54, 1.807) is 12.4 Å². The average molecular weight is 271 g/mol. The fraction of sp³-hybridized carbons (Fsp3) is 0.143. The molecule has 2 aromatic rings. The highest BCUT2D eigenvalue weighted by Crippen LogP contribution is 2.09. The van der Waals surface area contributed by atoms with Crippen LogP contribution in [0.1, 0.15) is 22.3 Å². The number of carboxylic acid groups (broad SMARTS) is 1. The lowest BCUT2D eigenvalue weighted by atomic mass is 10.1. The van der Waals surface area contributed by atoms with Crippen LogP contribution in [-0.4, -0.2) is 27.0 Å². The van der Waals surface area contributed by atoms with Crippen LogP contribution in [-0.2, 0) is 11.2 Å². The predicted molar refractivity (Wildman–Crippen MR) is 72.4 cm³/mol. The first kappa shape index (κ1) is 13.7. The summed E-state index contributed by atoms with van der Waals surface area (Å²) in [7, 11) is 0. The van der Waals surface area contributed by atoms with E-state index >= 15 is 0 Å². The summed E-state index contributed by atoms with van der Waals surface area (Å²) < 4.78 is 0. The van der Waals surface area contributed by atoms with Crippen LogP contribution in [0.2, 0.25) is 0 Å². The summed E-state index contributed by atoms with van der Waals surface area (Å²) in [6, 6.07) is 5.07. The van der Waals surface area contributed by atoms with Crippen LogP contribution in [0.3, 0.4) is 0 Å². The van der Waals surface area contributed by atoms with Crippen LogP contribution < -0.4 is 5.32 Å². The van der Waals surface area contributed by atoms with Crippen molar-refractivity contribution in [3.63, 3.8) is 0 Å². The first-order valence-electron chi connectivity index (χ1n) is 6.02. The Morgan fingerprint density at radius 1 is 1.15 bits per heavy atom. The number of nitrogens with zero attached hydrogens (tertiary/aromatic N) is 2. The third-order valence-electron chi connectivity index (χ3n) is 2.66. The van der Waals surface area contributed by atoms with E-state index in [-0.39, 0.29) is 11.5 Å². The molecular formula is C14H13N3O3. The molecule has 2 aromatic heterocycles. The molecule has 6 nitrogen and oxygen atoms in total. The lowest BCUT2D eigenvalue weighted by Gasteiger charge is -2.05. The Morgan fingerprint density at radius 3 is 2.60 bits per heavy atom. The molecule has 0 saturated carbocycles. The van der Waals surface area contributed by atoms with Gasteiger partial charge in [-0.25, -0.2) is 4.79 Å². The van der Waals surface area contributed by atoms with Crippen LogP contribution >= 0.6 is 0 Å². The van der Waals surface area contributed by atoms with Gasteiger partial charge < -0.3 is 10.4 Å². The zero-order valence-corrected chi connectivity index (χ0v) is 10.6. The van der Waals surface area contributed by atoms with Crippen molar-refractivity contribution in [2.75, 3.05) is 5.32 Å². The molecule has 1 amide bonds. The fourth-order valence-corrected chi connectivity index (χ4v) is 1.66. The predicted octanol–water partition coefficient (Wildman–Crippen LogP) is 1.75. The number of aromatic nitrogens is 2. The zero-order chi connectivity index (χ0) is 14.4. The third-order valence-corrected chi connectivity index (χ3v) is 2.66. The number of hydrogen-bond donors (Lipinski definition) is 2. The second-order valence-electron chi connectivity index (χ2n) is 4.17. The molecule has 0 radical (unpaired) electrons. The lowest BCUT2D eigenvalue weighted by Crippen LogP contribution is -2.13. The molecule has 0 aliphatic rings. The maximum atomic E-state index is 11.8. The van der Waals surface area contributed by atoms with Crippen molar-refractivity contribution in [2.24, 2.45) is 0 Å². The Hall–Kier alpha value is -2.76. The Bertz CT molecular complexity index is 614. The molecule has 6 heteroatoms. The van der Waals surface area contributed by atoms with Gasteiger partial charge in [-0.15, -0.1) is 0 Å². The number of amides is 1. The van der Waals surface area contributed by atoms with Gasteiger partial charge in [0.2, 0.25) is 5.91 Å². The number of carbonyl (C=O) groups is 2. The number of aryl methyl sites for hydroxylation is 1. The number of nitrogens with one attached hydrogen (secondary N) is 1. The van der Waals surface area contributed by atoms with Crippen molar-refractivity contribution in [1.82, 2.24) is 9.97 Å². The Balaban J connectivity index is 1.91. The van der Waals surface area contributed by atoms with Crippen LogP contribution in [0.4, 0.5) is 5.69 Å². The third kappa shape index (κ3) is 3.88. The number of carbonyl (C=O) groups excluding carboxylic acids is 1. The highest BCUT2D eigenvalue weighted by atomic mass is 16.4. The maximum Gasteiger partial charge on any atom is 0.337 e. The van der Waals surface area contributed by atoms with Gasteiger partial charge in [-0.2, -0.15) is 0 Å². The summed E-state index contributed by atoms with van der Waals surface area (Å²) >= 11 is 0. The molecule has 0 saturated heterocycles. The quantitative estimate of drug-likeness (QED) is 0.864. The second-order valence-corrected chi connectivity index (χ2v) is 4.17. The summed E-state index contributed by atoms with van der Waals surface area (Å²) in [5, 5.41) is 11.5. The van der Waals surface area contributed by atoms with Crippen molar-refractivity contribution in [1.29, 1.82) is 0 Å². The van der Waals surface area contributed by atoms with Gasteiger partial charge in [0.25, 0.3) is 0 Å². The first-order chi connectivity index (χ1) is 9.65. The van der Waals surface area contributed by atoms with E-state index in [0.717, 1.165) is 5.56 Å². The van der Waals surface area contributed by atoms with Gasteiger partial charge >= 0.3 is 5.97 Å². The summed E-state index contributed by atoms with van der Waals surface area (Å²) in [4.78, 5) is 30.2. The molecule has 0 aliphatic carbocycles. The van der Waals surface area contributed by atoms with Gasteiger partial charge in [-0.05, 0) is 30.2 Å². The average Bonchev–Trinajstić information content (AvgIpc) is 2.46. The number of aromatic carboxylic acids is 1. The summed E-state index contributed by atoms with van der Waals surface area (Å²) in [6.07, 6.45) is 6.90. The lowest BCUT2D eigenvalue weighted by molar-refractivity contribution is -0.116. The van der Waals surface area contributed by atoms with Gasteiger partial charge in [0.15, 0.2) is 0 Å². The van der Waals surface area contributed by atoms with Gasteiger partial charge in [0, 0.05) is 25.0 Å². The Morgan fingerprint density at radius 2 is 1.90 bits per heavy atom. The number of anilines is 1. The highest BCUT2D eigenvalue weighted by Gasteiger charge is 2.07. The highest BCUT2D eigenvalue weighted by molar-refractivity contribution is 5.93. The first-order valence-corrected chi connectivity index (χ1v) is 6.02. The summed E-state index contributed by atoms with van der Waals surface area (Å²) in [5.74, 6) is -1.27. The summed E-state index contributed by atoms with van der Waals surface area (Å²) in [5.41, 5.74) is 1.44. The van der Waals surface area contributed by atoms with E-state index in [1.165, 1.54) is 18.5 Å². The van der Waals surface area contributed by atoms with E-state index in [1.807, 2.05) is 12.1 Å². The van der Waals surface area contributed by atoms with Gasteiger partial charge in [-0.3, -0.25) is 14.8 Å². The van der Waals surface area contributed by atoms with Gasteiger partial charge in [0.05, 0.1) is 17.4 Å². The van der Waals surface area contributed by atoms with E-state index in [9.17, 15) is 9.59 Å². The molecule has 2 N–H and O–H groups in total. The number of hydrogen-bond acceptors (Lipinski definition) is 4. The number of rotatable bonds is 5. The second kappa shape index (κ2) is 6.42. The maximum absolute atomic E-state index is 11.8. The van der Waals surface area contributed by atoms with E-state index in [0.29, 0.717) is 18.5 Å². The molecule has 2 rings (SSSR count). The molecule has 0 aromatic carbocycles. The Labute approximate surface area is 115 Å². The zero-order valence-electron chi connectivity index (χ0n) is 10.6. The van der Waals surface area contributed by atoms with Gasteiger partial charge in [-0.1, -0.05) is 0 Å². The van der Waals surface area contributed by atoms with Crippen LogP contribution in [0.15, 0.2) is 43.0 Å². The minimum absolute atomic E-state index is 0.0388. The molecule has 20 heavy (non-hydrogen) atoms. The molecule has 0 unspecified atom stereocenters. The molecule has 0 fully saturated rings. The van der Waals surface area contributed by atoms with Crippen molar-refractivity contribution >= 4 is 17.6 Å². The van der Waals surface area contributed by atoms with E-state index < -0.39 is 5.97 Å². The van der Waals surface area contributed by atoms with Crippen molar-refractivity contribution in [3.05, 3.63) is 54.1 Å². The number of pyridine rings is 2. The van der Waals surface area contributed by atoms with Crippen molar-refractivity contribution < 1.29 is 14.7 Å². The summed E-state index contributed by atoms with van der Waals surface area (Å²) in [6.45, 7) is 0. The van der Waals surface area contributed by atoms with Crippen LogP contribution in [0.5, 0.6) is 0 Å². The normalized spacial score (nSPS) is 10.0. The molecule has 0 spiro atoms. The fourth-order valence-electron chi connectivity index (χ4n) is 1.66. The largest absolute Gasteiger partial charge is 0.478 e. The smallest absolute Gasteiger partial charge is 0.337 e. The van der Waals surface area contributed by atoms with Crippen LogP contribution in [0, 0.1) is 0 Å². The Kier molecular flexibility index (Phi) is 4.39. The SMILES string of the molecule is O=C(CCc1ccncc1)Nc1cncc(C(=O)O)c1. The molecule has 0 atom stereocenters. The molecule has 0 aliphatic heterocycles. The van der Waals surface area contributed by atoms with E-state index in [2.05, 4.69) is 15.3 Å². The van der Waals surface area contributed by atoms with Gasteiger partial charge in [0.1, 0.15) is 0 Å². The number of carboxylic acids is 1. The van der Waals surface area contributed by atoms with Crippen molar-refractivity contribution in [3.8, 4) is 0 Å². The standard InChI is InChI=1S/C14H13N3O3/c18-13(2-1-10-3-5-15-6-4-10)17-12-7-11(14(19)20)8-16-9-12/h3-9H,1-2H2,(H,17,18)(H,19,20). The molecule has 0 bridgehead atoms. The minimum atomic E-state index is -1.08. The van der Waals surface area contributed by atoms with Crippen molar-refractivity contribution in [2.45, 2.75) is 12.8 Å².